The summed E-state index contributed by atoms with van der Waals surface area (Å²) >= 11 is 0. The Morgan fingerprint density at radius 1 is 0.385 bits per heavy atom. The molecule has 276 valence electrons. The number of benzene rings is 4. The minimum absolute atomic E-state index is 0.256. The summed E-state index contributed by atoms with van der Waals surface area (Å²) in [5.74, 6) is 4.22. The maximum atomic E-state index is 6.68. The number of aryl methyl sites for hydroxylation is 4. The van der Waals surface area contributed by atoms with Gasteiger partial charge < -0.3 is 18.9 Å². The topological polar surface area (TPSA) is 36.9 Å². The number of hydrogen-bond donors (Lipinski definition) is 0. The van der Waals surface area contributed by atoms with Gasteiger partial charge in [-0.05, 0) is 92.4 Å². The Morgan fingerprint density at radius 3 is 0.827 bits per heavy atom. The molecule has 3 aliphatic rings. The van der Waals surface area contributed by atoms with E-state index in [1.54, 1.807) is 0 Å². The molecule has 0 amide bonds. The van der Waals surface area contributed by atoms with E-state index >= 15 is 0 Å². The second kappa shape index (κ2) is 14.8. The maximum Gasteiger partial charge on any atom is 0.126 e. The van der Waals surface area contributed by atoms with Crippen molar-refractivity contribution in [2.24, 2.45) is 0 Å². The molecule has 0 unspecified atom stereocenters. The van der Waals surface area contributed by atoms with Crippen LogP contribution >= 0.6 is 0 Å². The van der Waals surface area contributed by atoms with Gasteiger partial charge in [0.1, 0.15) is 49.4 Å². The highest BCUT2D eigenvalue weighted by molar-refractivity contribution is 5.60. The molecule has 0 radical (unpaired) electrons. The maximum absolute atomic E-state index is 6.68. The molecule has 0 saturated heterocycles. The minimum atomic E-state index is -0.256. The fourth-order valence-electron chi connectivity index (χ4n) is 8.87. The highest BCUT2D eigenvalue weighted by Gasteiger charge is 2.33. The van der Waals surface area contributed by atoms with Crippen LogP contribution in [0.3, 0.4) is 0 Å². The summed E-state index contributed by atoms with van der Waals surface area (Å²) in [6, 6.07) is 19.6. The molecule has 0 fully saturated rings. The summed E-state index contributed by atoms with van der Waals surface area (Å²) in [5.41, 5.74) is 15.1. The monoisotopic (exact) mass is 700 g/mol. The fraction of sp³-hybridized carbons (Fsp3) is 0.500. The third kappa shape index (κ3) is 6.72. The largest absolute Gasteiger partial charge is 0.489 e. The Labute approximate surface area is 313 Å². The van der Waals surface area contributed by atoms with Crippen LogP contribution in [-0.4, -0.2) is 26.4 Å². The molecule has 2 aliphatic heterocycles. The second-order valence-electron chi connectivity index (χ2n) is 16.5. The standard InChI is InChI=1S/C48H60O4/c1-9-13-31-23-39-27-35-21-36-28-41(25-33(15-11-3)44(36)50-18-17-49-43(31)35)48(7,8)42-26-34(16-12-4)46-38(30-42)22-37-29-40(47(39,5)6)24-32(14-10-2)45(37)51-19-20-52-46/h23-30H,9-22H2,1-8H3. The molecule has 0 spiro atoms. The van der Waals surface area contributed by atoms with Crippen LogP contribution in [0.4, 0.5) is 0 Å². The fourth-order valence-corrected chi connectivity index (χ4v) is 8.87. The van der Waals surface area contributed by atoms with Crippen molar-refractivity contribution in [2.45, 2.75) is 130 Å². The predicted molar refractivity (Wildman–Crippen MR) is 214 cm³/mol. The number of fused-ring (bicyclic) bond motifs is 4. The smallest absolute Gasteiger partial charge is 0.126 e. The van der Waals surface area contributed by atoms with E-state index in [-0.39, 0.29) is 10.8 Å². The molecule has 0 N–H and O–H groups in total. The van der Waals surface area contributed by atoms with E-state index in [1.165, 1.54) is 66.8 Å². The van der Waals surface area contributed by atoms with Crippen molar-refractivity contribution >= 4 is 0 Å². The summed E-state index contributed by atoms with van der Waals surface area (Å²) in [6.07, 6.45) is 9.68. The van der Waals surface area contributed by atoms with E-state index in [0.29, 0.717) is 26.4 Å². The molecule has 2 heterocycles. The van der Waals surface area contributed by atoms with Crippen LogP contribution in [0, 0.1) is 0 Å². The van der Waals surface area contributed by atoms with E-state index in [4.69, 9.17) is 18.9 Å². The molecule has 4 aromatic rings. The van der Waals surface area contributed by atoms with Gasteiger partial charge in [0.25, 0.3) is 0 Å². The lowest BCUT2D eigenvalue weighted by molar-refractivity contribution is 0.215. The third-order valence-corrected chi connectivity index (χ3v) is 11.8. The summed E-state index contributed by atoms with van der Waals surface area (Å²) in [5, 5.41) is 0. The Hall–Kier alpha value is -3.92. The summed E-state index contributed by atoms with van der Waals surface area (Å²) in [4.78, 5) is 0. The first-order valence-electron chi connectivity index (χ1n) is 20.2. The molecule has 8 bridgehead atoms. The van der Waals surface area contributed by atoms with Gasteiger partial charge in [-0.15, -0.1) is 0 Å². The van der Waals surface area contributed by atoms with Crippen molar-refractivity contribution in [1.82, 2.24) is 0 Å². The molecule has 4 aromatic carbocycles. The van der Waals surface area contributed by atoms with E-state index < -0.39 is 0 Å². The zero-order valence-electron chi connectivity index (χ0n) is 33.2. The van der Waals surface area contributed by atoms with Gasteiger partial charge in [0.05, 0.1) is 0 Å². The van der Waals surface area contributed by atoms with Crippen LogP contribution in [-0.2, 0) is 49.4 Å². The number of ether oxygens (including phenoxy) is 4. The van der Waals surface area contributed by atoms with Crippen LogP contribution in [0.25, 0.3) is 0 Å². The van der Waals surface area contributed by atoms with Crippen LogP contribution in [0.2, 0.25) is 0 Å². The van der Waals surface area contributed by atoms with E-state index in [1.807, 2.05) is 0 Å². The molecule has 7 rings (SSSR count). The highest BCUT2D eigenvalue weighted by Crippen LogP contribution is 2.46. The number of rotatable bonds is 8. The summed E-state index contributed by atoms with van der Waals surface area (Å²) in [7, 11) is 0. The Balaban J connectivity index is 1.59. The van der Waals surface area contributed by atoms with Crippen LogP contribution in [0.5, 0.6) is 23.0 Å². The van der Waals surface area contributed by atoms with Crippen molar-refractivity contribution in [3.05, 3.63) is 115 Å². The van der Waals surface area contributed by atoms with Crippen molar-refractivity contribution in [3.63, 3.8) is 0 Å². The first-order valence-corrected chi connectivity index (χ1v) is 20.2. The molecular weight excluding hydrogens is 641 g/mol. The summed E-state index contributed by atoms with van der Waals surface area (Å²) < 4.78 is 26.7. The van der Waals surface area contributed by atoms with Gasteiger partial charge in [0.2, 0.25) is 0 Å². The van der Waals surface area contributed by atoms with Gasteiger partial charge >= 0.3 is 0 Å². The van der Waals surface area contributed by atoms with Crippen LogP contribution in [0.1, 0.15) is 148 Å². The lowest BCUT2D eigenvalue weighted by Gasteiger charge is -2.32. The Kier molecular flexibility index (Phi) is 10.4. The van der Waals surface area contributed by atoms with E-state index in [9.17, 15) is 0 Å². The van der Waals surface area contributed by atoms with Crippen molar-refractivity contribution < 1.29 is 18.9 Å². The van der Waals surface area contributed by atoms with Gasteiger partial charge in [-0.25, -0.2) is 0 Å². The van der Waals surface area contributed by atoms with Crippen molar-refractivity contribution in [3.8, 4) is 23.0 Å². The van der Waals surface area contributed by atoms with Crippen molar-refractivity contribution in [2.75, 3.05) is 26.4 Å². The molecular formula is C48H60O4. The van der Waals surface area contributed by atoms with Crippen LogP contribution < -0.4 is 18.9 Å². The quantitative estimate of drug-likeness (QED) is 0.183. The third-order valence-electron chi connectivity index (χ3n) is 11.8. The second-order valence-corrected chi connectivity index (χ2v) is 16.5. The molecule has 0 atom stereocenters. The van der Waals surface area contributed by atoms with E-state index in [2.05, 4.69) is 104 Å². The van der Waals surface area contributed by atoms with Crippen molar-refractivity contribution in [1.29, 1.82) is 0 Å². The Bertz CT molecular complexity index is 1670. The zero-order valence-corrected chi connectivity index (χ0v) is 33.2. The zero-order chi connectivity index (χ0) is 36.6. The first-order chi connectivity index (χ1) is 25.1. The van der Waals surface area contributed by atoms with Gasteiger partial charge in [0.15, 0.2) is 0 Å². The van der Waals surface area contributed by atoms with E-state index in [0.717, 1.165) is 87.2 Å². The average molecular weight is 701 g/mol. The SMILES string of the molecule is CCCc1cc2cc3c1OCCOc1c(CCC)cc(cc1C3)C(C)(C)c1cc(CCC)c3c(c1)Cc1cc(cc(CCC)c1OCCO3)C2(C)C. The molecule has 0 aromatic heterocycles. The highest BCUT2D eigenvalue weighted by atomic mass is 16.5. The molecule has 1 aliphatic carbocycles. The predicted octanol–water partition coefficient (Wildman–Crippen LogP) is 11.2. The summed E-state index contributed by atoms with van der Waals surface area (Å²) in [6.45, 7) is 20.9. The lowest BCUT2D eigenvalue weighted by Crippen LogP contribution is -2.22. The molecule has 4 nitrogen and oxygen atoms in total. The normalized spacial score (nSPS) is 16.8. The minimum Gasteiger partial charge on any atom is -0.489 e. The average Bonchev–Trinajstić information content (AvgIpc) is 3.26. The number of hydrogen-bond acceptors (Lipinski definition) is 4. The molecule has 52 heavy (non-hydrogen) atoms. The molecule has 4 heteroatoms. The first kappa shape index (κ1) is 36.4. The molecule has 0 saturated carbocycles. The Morgan fingerprint density at radius 2 is 0.615 bits per heavy atom. The lowest BCUT2D eigenvalue weighted by atomic mass is 9.73. The van der Waals surface area contributed by atoms with Gasteiger partial charge in [-0.2, -0.15) is 0 Å². The van der Waals surface area contributed by atoms with Gasteiger partial charge in [0, 0.05) is 23.7 Å². The van der Waals surface area contributed by atoms with Gasteiger partial charge in [-0.3, -0.25) is 0 Å². The van der Waals surface area contributed by atoms with Gasteiger partial charge in [-0.1, -0.05) is 130 Å². The van der Waals surface area contributed by atoms with Crippen LogP contribution in [0.15, 0.2) is 48.5 Å².